The van der Waals surface area contributed by atoms with E-state index in [4.69, 9.17) is 4.74 Å². The van der Waals surface area contributed by atoms with E-state index >= 15 is 0 Å². The molecule has 212 valence electrons. The molecule has 4 amide bonds. The Labute approximate surface area is 234 Å². The molecular weight excluding hydrogens is 508 g/mol. The molecule has 0 bridgehead atoms. The number of nitrogens with zero attached hydrogens (tertiary/aromatic N) is 3. The third-order valence-electron chi connectivity index (χ3n) is 9.25. The molecule has 1 aromatic heterocycles. The van der Waals surface area contributed by atoms with Crippen molar-refractivity contribution in [3.05, 3.63) is 41.7 Å². The second-order valence-corrected chi connectivity index (χ2v) is 12.6. The van der Waals surface area contributed by atoms with E-state index in [1.807, 2.05) is 36.9 Å². The molecule has 2 aliphatic heterocycles. The second kappa shape index (κ2) is 9.82. The van der Waals surface area contributed by atoms with Gasteiger partial charge in [0.2, 0.25) is 5.91 Å². The van der Waals surface area contributed by atoms with Gasteiger partial charge in [-0.3, -0.25) is 14.3 Å². The molecule has 3 atom stereocenters. The Morgan fingerprint density at radius 1 is 1.07 bits per heavy atom. The molecule has 7 rings (SSSR count). The molecular formula is C30H38N6O4. The summed E-state index contributed by atoms with van der Waals surface area (Å²) in [4.78, 5) is 41.8. The highest BCUT2D eigenvalue weighted by Gasteiger charge is 2.49. The minimum atomic E-state index is -0.627. The molecule has 3 heterocycles. The van der Waals surface area contributed by atoms with Crippen molar-refractivity contribution in [3.8, 4) is 5.75 Å². The maximum atomic E-state index is 13.8. The molecule has 0 spiro atoms. The van der Waals surface area contributed by atoms with Gasteiger partial charge in [0, 0.05) is 36.1 Å². The molecule has 3 saturated carbocycles. The maximum absolute atomic E-state index is 13.8. The standard InChI is InChI=1S/C30H38N6O4/c1-16(2)36-23(11-12-31-36)28(37)34-27(26(18-5-6-18)19-7-8-19)29(38)32-20-9-10-21-24(15-40-25(21)13-20)35-14-22(17-3-4-17)33-30(35)39/h9-13,16-19,22,24,26-27H,3-8,14-15H2,1-2H3,(H,32,38)(H,33,39)(H,34,37)/t22-,24+,27-/m0/s1. The van der Waals surface area contributed by atoms with E-state index in [0.717, 1.165) is 31.2 Å². The number of hydrogen-bond acceptors (Lipinski definition) is 5. The molecule has 3 N–H and O–H groups in total. The van der Waals surface area contributed by atoms with Crippen LogP contribution < -0.4 is 20.7 Å². The predicted molar refractivity (Wildman–Crippen MR) is 148 cm³/mol. The lowest BCUT2D eigenvalue weighted by Crippen LogP contribution is -2.50. The van der Waals surface area contributed by atoms with Gasteiger partial charge in [0.25, 0.3) is 5.91 Å². The smallest absolute Gasteiger partial charge is 0.318 e. The van der Waals surface area contributed by atoms with E-state index in [1.165, 1.54) is 12.8 Å². The summed E-state index contributed by atoms with van der Waals surface area (Å²) >= 11 is 0. The van der Waals surface area contributed by atoms with Gasteiger partial charge < -0.3 is 25.6 Å². The Morgan fingerprint density at radius 3 is 2.50 bits per heavy atom. The molecule has 2 aromatic rings. The molecule has 0 radical (unpaired) electrons. The summed E-state index contributed by atoms with van der Waals surface area (Å²) in [5.41, 5.74) is 2.05. The van der Waals surface area contributed by atoms with Crippen molar-refractivity contribution in [1.82, 2.24) is 25.3 Å². The third kappa shape index (κ3) is 4.81. The summed E-state index contributed by atoms with van der Waals surface area (Å²) in [7, 11) is 0. The minimum Gasteiger partial charge on any atom is -0.491 e. The second-order valence-electron chi connectivity index (χ2n) is 12.6. The van der Waals surface area contributed by atoms with Crippen LogP contribution in [0, 0.1) is 23.7 Å². The molecule has 10 heteroatoms. The SMILES string of the molecule is CC(C)n1nccc1C(=O)N[C@H](C(=O)Nc1ccc2c(c1)OC[C@H]2N1C[C@@H](C2CC2)NC1=O)C(C1CC1)C1CC1. The summed E-state index contributed by atoms with van der Waals surface area (Å²) in [5.74, 6) is 1.88. The fraction of sp³-hybridized carbons (Fsp3) is 0.600. The van der Waals surface area contributed by atoms with E-state index in [2.05, 4.69) is 21.0 Å². The van der Waals surface area contributed by atoms with Gasteiger partial charge in [0.15, 0.2) is 0 Å². The lowest BCUT2D eigenvalue weighted by molar-refractivity contribution is -0.119. The minimum absolute atomic E-state index is 0.0284. The highest BCUT2D eigenvalue weighted by molar-refractivity contribution is 6.01. The van der Waals surface area contributed by atoms with Crippen molar-refractivity contribution < 1.29 is 19.1 Å². The average Bonchev–Trinajstić information content (AvgIpc) is 3.88. The summed E-state index contributed by atoms with van der Waals surface area (Å²) < 4.78 is 7.70. The van der Waals surface area contributed by atoms with Gasteiger partial charge in [-0.1, -0.05) is 6.07 Å². The highest BCUT2D eigenvalue weighted by Crippen LogP contribution is 2.51. The number of anilines is 1. The topological polar surface area (TPSA) is 118 Å². The van der Waals surface area contributed by atoms with Crippen LogP contribution in [-0.2, 0) is 4.79 Å². The third-order valence-corrected chi connectivity index (χ3v) is 9.25. The van der Waals surface area contributed by atoms with Crippen LogP contribution >= 0.6 is 0 Å². The van der Waals surface area contributed by atoms with E-state index in [1.54, 1.807) is 16.9 Å². The first-order chi connectivity index (χ1) is 19.4. The fourth-order valence-corrected chi connectivity index (χ4v) is 6.71. The summed E-state index contributed by atoms with van der Waals surface area (Å²) in [5, 5.41) is 13.6. The van der Waals surface area contributed by atoms with Crippen molar-refractivity contribution in [2.75, 3.05) is 18.5 Å². The Hall–Kier alpha value is -3.56. The van der Waals surface area contributed by atoms with Gasteiger partial charge in [0.1, 0.15) is 24.1 Å². The number of carbonyl (C=O) groups is 3. The number of amides is 4. The van der Waals surface area contributed by atoms with Crippen molar-refractivity contribution in [1.29, 1.82) is 0 Å². The molecule has 4 fully saturated rings. The van der Waals surface area contributed by atoms with Gasteiger partial charge in [0.05, 0.1) is 12.1 Å². The number of hydrogen-bond donors (Lipinski definition) is 3. The fourth-order valence-electron chi connectivity index (χ4n) is 6.71. The summed E-state index contributed by atoms with van der Waals surface area (Å²) in [6, 6.07) is 6.85. The van der Waals surface area contributed by atoms with Crippen LogP contribution in [0.15, 0.2) is 30.5 Å². The van der Waals surface area contributed by atoms with Crippen molar-refractivity contribution in [3.63, 3.8) is 0 Å². The number of ether oxygens (including phenoxy) is 1. The Kier molecular flexibility index (Phi) is 6.24. The van der Waals surface area contributed by atoms with E-state index < -0.39 is 6.04 Å². The van der Waals surface area contributed by atoms with Gasteiger partial charge in [-0.15, -0.1) is 0 Å². The van der Waals surface area contributed by atoms with Gasteiger partial charge in [-0.2, -0.15) is 5.10 Å². The summed E-state index contributed by atoms with van der Waals surface area (Å²) in [6.07, 6.45) is 8.40. The zero-order valence-corrected chi connectivity index (χ0v) is 23.1. The first-order valence-electron chi connectivity index (χ1n) is 14.9. The van der Waals surface area contributed by atoms with Crippen LogP contribution in [0.5, 0.6) is 5.75 Å². The van der Waals surface area contributed by atoms with Crippen LogP contribution in [0.4, 0.5) is 10.5 Å². The lowest BCUT2D eigenvalue weighted by atomic mass is 9.88. The normalized spacial score (nSPS) is 24.6. The Bertz CT molecular complexity index is 1320. The first kappa shape index (κ1) is 25.4. The van der Waals surface area contributed by atoms with E-state index in [0.29, 0.717) is 48.0 Å². The maximum Gasteiger partial charge on any atom is 0.318 e. The Balaban J connectivity index is 1.08. The molecule has 0 unspecified atom stereocenters. The molecule has 40 heavy (non-hydrogen) atoms. The number of aromatic nitrogens is 2. The number of carbonyl (C=O) groups excluding carboxylic acids is 3. The van der Waals surface area contributed by atoms with Crippen LogP contribution in [0.3, 0.4) is 0 Å². The van der Waals surface area contributed by atoms with Gasteiger partial charge >= 0.3 is 6.03 Å². The van der Waals surface area contributed by atoms with Crippen molar-refractivity contribution >= 4 is 23.5 Å². The number of rotatable bonds is 10. The number of urea groups is 1. The number of nitrogens with one attached hydrogen (secondary N) is 3. The zero-order chi connectivity index (χ0) is 27.5. The Morgan fingerprint density at radius 2 is 1.82 bits per heavy atom. The first-order valence-corrected chi connectivity index (χ1v) is 14.9. The highest BCUT2D eigenvalue weighted by atomic mass is 16.5. The van der Waals surface area contributed by atoms with Crippen LogP contribution in [0.1, 0.15) is 80.5 Å². The molecule has 10 nitrogen and oxygen atoms in total. The molecule has 1 saturated heterocycles. The largest absolute Gasteiger partial charge is 0.491 e. The zero-order valence-electron chi connectivity index (χ0n) is 23.1. The monoisotopic (exact) mass is 546 g/mol. The average molecular weight is 547 g/mol. The molecule has 1 aromatic carbocycles. The van der Waals surface area contributed by atoms with Crippen molar-refractivity contribution in [2.45, 2.75) is 76.5 Å². The van der Waals surface area contributed by atoms with E-state index in [9.17, 15) is 14.4 Å². The molecule has 5 aliphatic rings. The predicted octanol–water partition coefficient (Wildman–Crippen LogP) is 3.87. The number of benzene rings is 1. The van der Waals surface area contributed by atoms with Crippen LogP contribution in [0.25, 0.3) is 0 Å². The van der Waals surface area contributed by atoms with Crippen LogP contribution in [-0.4, -0.2) is 57.8 Å². The quantitative estimate of drug-likeness (QED) is 0.418. The van der Waals surface area contributed by atoms with Gasteiger partial charge in [-0.05, 0) is 88.2 Å². The molecule has 3 aliphatic carbocycles. The number of fused-ring (bicyclic) bond motifs is 1. The lowest BCUT2D eigenvalue weighted by Gasteiger charge is -2.28. The van der Waals surface area contributed by atoms with E-state index in [-0.39, 0.29) is 41.9 Å². The van der Waals surface area contributed by atoms with Gasteiger partial charge in [-0.25, -0.2) is 4.79 Å². The van der Waals surface area contributed by atoms with Crippen molar-refractivity contribution in [2.24, 2.45) is 23.7 Å². The summed E-state index contributed by atoms with van der Waals surface area (Å²) in [6.45, 7) is 5.07. The van der Waals surface area contributed by atoms with Crippen LogP contribution in [0.2, 0.25) is 0 Å².